The summed E-state index contributed by atoms with van der Waals surface area (Å²) in [5, 5.41) is 11.0. The molecule has 0 aliphatic heterocycles. The third kappa shape index (κ3) is 3.22. The fourth-order valence-electron chi connectivity index (χ4n) is 6.73. The SMILES string of the molecule is c1ccc2cc(-c3nc4ccccc4c4c3ccc3cccc(-n5c6ccccc6c6ccccc65)c34)ccc2c1. The van der Waals surface area contributed by atoms with Crippen molar-refractivity contribution in [3.8, 4) is 16.9 Å². The van der Waals surface area contributed by atoms with E-state index in [1.165, 1.54) is 65.2 Å². The first-order valence-electron chi connectivity index (χ1n) is 14.1. The molecule has 0 N–H and O–H groups in total. The Balaban J connectivity index is 1.48. The number of rotatable bonds is 2. The number of fused-ring (bicyclic) bond motifs is 9. The standard InChI is InChI=1S/C39H24N2/c1-2-11-27-24-28(21-20-25(27)10-1)39-32-23-22-26-12-9-19-36(37(26)38(32)31-15-3-6-16-33(31)40-39)41-34-17-7-4-13-29(34)30-14-5-8-18-35(30)41/h1-24H. The Bertz CT molecular complexity index is 2430. The molecule has 2 heteroatoms. The predicted molar refractivity (Wildman–Crippen MR) is 174 cm³/mol. The Morgan fingerprint density at radius 1 is 0.415 bits per heavy atom. The second-order valence-electron chi connectivity index (χ2n) is 10.8. The quantitative estimate of drug-likeness (QED) is 0.207. The number of hydrogen-bond donors (Lipinski definition) is 0. The van der Waals surface area contributed by atoms with E-state index in [1.807, 2.05) is 0 Å². The first-order chi connectivity index (χ1) is 20.3. The highest BCUT2D eigenvalue weighted by atomic mass is 15.0. The minimum Gasteiger partial charge on any atom is -0.309 e. The van der Waals surface area contributed by atoms with E-state index in [0.29, 0.717) is 0 Å². The molecule has 2 aromatic heterocycles. The number of aromatic nitrogens is 2. The van der Waals surface area contributed by atoms with Crippen LogP contribution >= 0.6 is 0 Å². The maximum Gasteiger partial charge on any atom is 0.0788 e. The Morgan fingerprint density at radius 3 is 1.85 bits per heavy atom. The van der Waals surface area contributed by atoms with E-state index < -0.39 is 0 Å². The highest BCUT2D eigenvalue weighted by molar-refractivity contribution is 6.25. The van der Waals surface area contributed by atoms with Gasteiger partial charge in [0, 0.05) is 37.9 Å². The van der Waals surface area contributed by atoms with Gasteiger partial charge in [0.05, 0.1) is 27.9 Å². The molecule has 0 atom stereocenters. The van der Waals surface area contributed by atoms with Gasteiger partial charge in [0.25, 0.3) is 0 Å². The molecule has 9 rings (SSSR count). The molecular weight excluding hydrogens is 496 g/mol. The van der Waals surface area contributed by atoms with Crippen LogP contribution in [0.2, 0.25) is 0 Å². The zero-order chi connectivity index (χ0) is 26.9. The molecule has 7 aromatic carbocycles. The van der Waals surface area contributed by atoms with Gasteiger partial charge in [0.2, 0.25) is 0 Å². The molecule has 0 aliphatic carbocycles. The van der Waals surface area contributed by atoms with Gasteiger partial charge in [-0.1, -0.05) is 115 Å². The minimum absolute atomic E-state index is 1.01. The summed E-state index contributed by atoms with van der Waals surface area (Å²) in [7, 11) is 0. The van der Waals surface area contributed by atoms with Crippen LogP contribution in [0.5, 0.6) is 0 Å². The molecule has 2 nitrogen and oxygen atoms in total. The van der Waals surface area contributed by atoms with E-state index in [2.05, 4.69) is 150 Å². The second kappa shape index (κ2) is 8.51. The number of hydrogen-bond acceptors (Lipinski definition) is 1. The summed E-state index contributed by atoms with van der Waals surface area (Å²) >= 11 is 0. The van der Waals surface area contributed by atoms with Gasteiger partial charge in [-0.15, -0.1) is 0 Å². The Kier molecular flexibility index (Phi) is 4.64. The predicted octanol–water partition coefficient (Wildman–Crippen LogP) is 10.5. The molecule has 0 spiro atoms. The second-order valence-corrected chi connectivity index (χ2v) is 10.8. The van der Waals surface area contributed by atoms with Crippen LogP contribution in [0.1, 0.15) is 0 Å². The van der Waals surface area contributed by atoms with E-state index >= 15 is 0 Å². The van der Waals surface area contributed by atoms with Crippen molar-refractivity contribution in [3.05, 3.63) is 146 Å². The van der Waals surface area contributed by atoms with Gasteiger partial charge in [0.1, 0.15) is 0 Å². The molecule has 0 amide bonds. The van der Waals surface area contributed by atoms with Gasteiger partial charge in [-0.2, -0.15) is 0 Å². The van der Waals surface area contributed by atoms with Gasteiger partial charge < -0.3 is 4.57 Å². The fraction of sp³-hybridized carbons (Fsp3) is 0. The van der Waals surface area contributed by atoms with Gasteiger partial charge >= 0.3 is 0 Å². The number of pyridine rings is 1. The average Bonchev–Trinajstić information content (AvgIpc) is 3.38. The van der Waals surface area contributed by atoms with Crippen LogP contribution in [0.25, 0.3) is 82.0 Å². The molecule has 0 saturated heterocycles. The Morgan fingerprint density at radius 2 is 1.05 bits per heavy atom. The molecule has 9 aromatic rings. The number of benzene rings is 7. The monoisotopic (exact) mass is 520 g/mol. The summed E-state index contributed by atoms with van der Waals surface area (Å²) in [6.07, 6.45) is 0. The molecule has 0 aliphatic rings. The normalized spacial score (nSPS) is 11.9. The highest BCUT2D eigenvalue weighted by Crippen LogP contribution is 2.42. The molecule has 0 unspecified atom stereocenters. The number of nitrogens with zero attached hydrogens (tertiary/aromatic N) is 2. The van der Waals surface area contributed by atoms with Gasteiger partial charge in [0.15, 0.2) is 0 Å². The highest BCUT2D eigenvalue weighted by Gasteiger charge is 2.18. The molecule has 2 heterocycles. The first-order valence-corrected chi connectivity index (χ1v) is 14.1. The van der Waals surface area contributed by atoms with Crippen LogP contribution in [0.15, 0.2) is 146 Å². The van der Waals surface area contributed by atoms with Gasteiger partial charge in [-0.3, -0.25) is 0 Å². The maximum absolute atomic E-state index is 5.27. The summed E-state index contributed by atoms with van der Waals surface area (Å²) < 4.78 is 2.44. The molecule has 41 heavy (non-hydrogen) atoms. The summed E-state index contributed by atoms with van der Waals surface area (Å²) in [4.78, 5) is 5.27. The fourth-order valence-corrected chi connectivity index (χ4v) is 6.73. The molecular formula is C39H24N2. The lowest BCUT2D eigenvalue weighted by atomic mass is 9.93. The average molecular weight is 521 g/mol. The first kappa shape index (κ1) is 22.4. The summed E-state index contributed by atoms with van der Waals surface area (Å²) in [6, 6.07) is 52.5. The lowest BCUT2D eigenvalue weighted by molar-refractivity contribution is 1.20. The third-order valence-electron chi connectivity index (χ3n) is 8.53. The van der Waals surface area contributed by atoms with E-state index in [0.717, 1.165) is 16.8 Å². The van der Waals surface area contributed by atoms with E-state index in [-0.39, 0.29) is 0 Å². The third-order valence-corrected chi connectivity index (χ3v) is 8.53. The molecule has 0 bridgehead atoms. The van der Waals surface area contributed by atoms with Gasteiger partial charge in [-0.05, 0) is 46.5 Å². The summed E-state index contributed by atoms with van der Waals surface area (Å²) in [5.74, 6) is 0. The topological polar surface area (TPSA) is 17.8 Å². The zero-order valence-corrected chi connectivity index (χ0v) is 22.3. The number of para-hydroxylation sites is 3. The smallest absolute Gasteiger partial charge is 0.0788 e. The molecule has 0 saturated carbocycles. The van der Waals surface area contributed by atoms with Crippen molar-refractivity contribution in [1.29, 1.82) is 0 Å². The molecule has 0 radical (unpaired) electrons. The van der Waals surface area contributed by atoms with Crippen molar-refractivity contribution in [2.45, 2.75) is 0 Å². The van der Waals surface area contributed by atoms with Crippen LogP contribution in [-0.2, 0) is 0 Å². The summed E-state index contributed by atoms with van der Waals surface area (Å²) in [6.45, 7) is 0. The van der Waals surface area contributed by atoms with Crippen molar-refractivity contribution >= 4 is 65.0 Å². The Labute approximate surface area is 236 Å². The van der Waals surface area contributed by atoms with E-state index in [1.54, 1.807) is 0 Å². The van der Waals surface area contributed by atoms with Crippen LogP contribution in [-0.4, -0.2) is 9.55 Å². The zero-order valence-electron chi connectivity index (χ0n) is 22.3. The summed E-state index contributed by atoms with van der Waals surface area (Å²) in [5.41, 5.74) is 6.77. The molecule has 0 fully saturated rings. The largest absolute Gasteiger partial charge is 0.309 e. The lowest BCUT2D eigenvalue weighted by Gasteiger charge is -2.17. The van der Waals surface area contributed by atoms with Crippen LogP contribution in [0.3, 0.4) is 0 Å². The molecule has 190 valence electrons. The van der Waals surface area contributed by atoms with E-state index in [4.69, 9.17) is 4.98 Å². The van der Waals surface area contributed by atoms with Crippen molar-refractivity contribution in [2.75, 3.05) is 0 Å². The lowest BCUT2D eigenvalue weighted by Crippen LogP contribution is -1.97. The van der Waals surface area contributed by atoms with Crippen molar-refractivity contribution < 1.29 is 0 Å². The van der Waals surface area contributed by atoms with Crippen LogP contribution in [0, 0.1) is 0 Å². The van der Waals surface area contributed by atoms with Crippen LogP contribution in [0.4, 0.5) is 0 Å². The Hall–Kier alpha value is -5.47. The van der Waals surface area contributed by atoms with E-state index in [9.17, 15) is 0 Å². The van der Waals surface area contributed by atoms with Crippen molar-refractivity contribution in [2.24, 2.45) is 0 Å². The van der Waals surface area contributed by atoms with Crippen molar-refractivity contribution in [1.82, 2.24) is 9.55 Å². The maximum atomic E-state index is 5.27. The van der Waals surface area contributed by atoms with Crippen molar-refractivity contribution in [3.63, 3.8) is 0 Å². The minimum atomic E-state index is 1.01. The van der Waals surface area contributed by atoms with Crippen LogP contribution < -0.4 is 0 Å². The van der Waals surface area contributed by atoms with Gasteiger partial charge in [-0.25, -0.2) is 4.98 Å².